The van der Waals surface area contributed by atoms with Crippen LogP contribution in [0.15, 0.2) is 28.2 Å². The van der Waals surface area contributed by atoms with Gasteiger partial charge in [-0.3, -0.25) is 4.90 Å². The molecule has 7 heteroatoms. The standard InChI is InChI=1S/C17H23N5O2/c1-11-7-6-8-12(14(23)24-2)13(11)22-16(19)20-15(18)21-17(22)9-4-3-5-10-17/h6-8H,3-5,9-10H2,1-2H3,(H4,18,19,20,21). The predicted octanol–water partition coefficient (Wildman–Crippen LogP) is 1.89. The molecular weight excluding hydrogens is 306 g/mol. The molecule has 0 unspecified atom stereocenters. The number of para-hydroxylation sites is 1. The Kier molecular flexibility index (Phi) is 4.17. The molecule has 1 fully saturated rings. The van der Waals surface area contributed by atoms with Gasteiger partial charge in [0.1, 0.15) is 5.66 Å². The van der Waals surface area contributed by atoms with Gasteiger partial charge in [0.15, 0.2) is 0 Å². The molecule has 1 heterocycles. The van der Waals surface area contributed by atoms with Crippen LogP contribution in [0.4, 0.5) is 5.69 Å². The fourth-order valence-electron chi connectivity index (χ4n) is 3.68. The molecule has 0 radical (unpaired) electrons. The zero-order valence-corrected chi connectivity index (χ0v) is 14.1. The molecule has 0 aromatic heterocycles. The molecule has 0 saturated heterocycles. The van der Waals surface area contributed by atoms with Crippen molar-refractivity contribution >= 4 is 23.6 Å². The highest BCUT2D eigenvalue weighted by Gasteiger charge is 2.44. The number of methoxy groups -OCH3 is 1. The van der Waals surface area contributed by atoms with Gasteiger partial charge in [0.2, 0.25) is 11.9 Å². The van der Waals surface area contributed by atoms with Crippen LogP contribution in [0.1, 0.15) is 48.0 Å². The van der Waals surface area contributed by atoms with Crippen LogP contribution in [0.25, 0.3) is 0 Å². The summed E-state index contributed by atoms with van der Waals surface area (Å²) in [6.07, 6.45) is 4.84. The van der Waals surface area contributed by atoms with Crippen LogP contribution < -0.4 is 16.4 Å². The van der Waals surface area contributed by atoms with Gasteiger partial charge < -0.3 is 16.2 Å². The maximum Gasteiger partial charge on any atom is 0.339 e. The van der Waals surface area contributed by atoms with E-state index >= 15 is 0 Å². The van der Waals surface area contributed by atoms with Gasteiger partial charge in [-0.1, -0.05) is 18.6 Å². The molecule has 1 saturated carbocycles. The fraction of sp³-hybridized carbons (Fsp3) is 0.471. The SMILES string of the molecule is COC(=O)c1cccc(C)c1N1C(N)=NC(N)=NC12CCCCC2. The van der Waals surface area contributed by atoms with Crippen LogP contribution in [-0.4, -0.2) is 30.7 Å². The number of anilines is 1. The van der Waals surface area contributed by atoms with Gasteiger partial charge in [0, 0.05) is 0 Å². The Bertz CT molecular complexity index is 720. The minimum atomic E-state index is -0.580. The Morgan fingerprint density at radius 2 is 1.96 bits per heavy atom. The number of carbonyl (C=O) groups excluding carboxylic acids is 1. The fourth-order valence-corrected chi connectivity index (χ4v) is 3.68. The summed E-state index contributed by atoms with van der Waals surface area (Å²) in [6, 6.07) is 5.50. The Morgan fingerprint density at radius 3 is 2.62 bits per heavy atom. The van der Waals surface area contributed by atoms with E-state index in [1.165, 1.54) is 7.11 Å². The molecule has 1 aromatic carbocycles. The number of esters is 1. The van der Waals surface area contributed by atoms with Crippen molar-refractivity contribution in [2.45, 2.75) is 44.7 Å². The summed E-state index contributed by atoms with van der Waals surface area (Å²) in [6.45, 7) is 1.94. The number of hydrogen-bond acceptors (Lipinski definition) is 7. The molecule has 128 valence electrons. The first-order valence-corrected chi connectivity index (χ1v) is 8.16. The van der Waals surface area contributed by atoms with E-state index in [0.717, 1.165) is 37.7 Å². The maximum absolute atomic E-state index is 12.3. The first-order valence-electron chi connectivity index (χ1n) is 8.16. The van der Waals surface area contributed by atoms with E-state index in [4.69, 9.17) is 16.2 Å². The minimum Gasteiger partial charge on any atom is -0.465 e. The molecule has 2 aliphatic rings. The summed E-state index contributed by atoms with van der Waals surface area (Å²) < 4.78 is 4.95. The van der Waals surface area contributed by atoms with Crippen molar-refractivity contribution in [3.8, 4) is 0 Å². The normalized spacial score (nSPS) is 19.7. The van der Waals surface area contributed by atoms with E-state index in [2.05, 4.69) is 9.98 Å². The average molecular weight is 329 g/mol. The van der Waals surface area contributed by atoms with E-state index in [1.807, 2.05) is 24.0 Å². The van der Waals surface area contributed by atoms with Crippen molar-refractivity contribution in [1.29, 1.82) is 0 Å². The zero-order valence-electron chi connectivity index (χ0n) is 14.1. The second-order valence-electron chi connectivity index (χ2n) is 6.28. The van der Waals surface area contributed by atoms with Crippen LogP contribution >= 0.6 is 0 Å². The molecule has 7 nitrogen and oxygen atoms in total. The number of aliphatic imine (C=N–C) groups is 2. The van der Waals surface area contributed by atoms with Gasteiger partial charge in [-0.2, -0.15) is 4.99 Å². The third-order valence-corrected chi connectivity index (χ3v) is 4.72. The zero-order chi connectivity index (χ0) is 17.3. The molecule has 1 aliphatic carbocycles. The summed E-state index contributed by atoms with van der Waals surface area (Å²) in [5.74, 6) is 0.0534. The Hall–Kier alpha value is -2.57. The number of nitrogens with zero attached hydrogens (tertiary/aromatic N) is 3. The minimum absolute atomic E-state index is 0.193. The van der Waals surface area contributed by atoms with Crippen LogP contribution in [0.3, 0.4) is 0 Å². The monoisotopic (exact) mass is 329 g/mol. The van der Waals surface area contributed by atoms with E-state index in [0.29, 0.717) is 11.3 Å². The number of benzene rings is 1. The largest absolute Gasteiger partial charge is 0.465 e. The molecule has 4 N–H and O–H groups in total. The molecule has 24 heavy (non-hydrogen) atoms. The highest BCUT2D eigenvalue weighted by molar-refractivity contribution is 6.09. The second kappa shape index (κ2) is 6.14. The van der Waals surface area contributed by atoms with Crippen LogP contribution in [0, 0.1) is 6.92 Å². The van der Waals surface area contributed by atoms with E-state index in [9.17, 15) is 4.79 Å². The molecule has 1 aliphatic heterocycles. The summed E-state index contributed by atoms with van der Waals surface area (Å²) in [7, 11) is 1.37. The first-order chi connectivity index (χ1) is 11.5. The topological polar surface area (TPSA) is 106 Å². The van der Waals surface area contributed by atoms with Crippen molar-refractivity contribution in [2.24, 2.45) is 21.5 Å². The number of guanidine groups is 2. The van der Waals surface area contributed by atoms with Gasteiger partial charge >= 0.3 is 5.97 Å². The molecule has 1 spiro atoms. The molecule has 1 aromatic rings. The maximum atomic E-state index is 12.3. The van der Waals surface area contributed by atoms with Gasteiger partial charge in [-0.15, -0.1) is 0 Å². The molecule has 0 bridgehead atoms. The average Bonchev–Trinajstić information content (AvgIpc) is 2.55. The van der Waals surface area contributed by atoms with Crippen molar-refractivity contribution in [1.82, 2.24) is 0 Å². The lowest BCUT2D eigenvalue weighted by Crippen LogP contribution is -2.58. The third-order valence-electron chi connectivity index (χ3n) is 4.72. The van der Waals surface area contributed by atoms with Crippen molar-refractivity contribution in [2.75, 3.05) is 12.0 Å². The van der Waals surface area contributed by atoms with Crippen LogP contribution in [-0.2, 0) is 4.74 Å². The van der Waals surface area contributed by atoms with Crippen molar-refractivity contribution in [3.63, 3.8) is 0 Å². The highest BCUT2D eigenvalue weighted by atomic mass is 16.5. The first kappa shape index (κ1) is 16.3. The van der Waals surface area contributed by atoms with Crippen LogP contribution in [0.2, 0.25) is 0 Å². The quantitative estimate of drug-likeness (QED) is 0.806. The van der Waals surface area contributed by atoms with Gasteiger partial charge in [-0.25, -0.2) is 9.79 Å². The Balaban J connectivity index is 2.20. The lowest BCUT2D eigenvalue weighted by Gasteiger charge is -2.46. The smallest absolute Gasteiger partial charge is 0.339 e. The number of aryl methyl sites for hydroxylation is 1. The van der Waals surface area contributed by atoms with Gasteiger partial charge in [0.05, 0.1) is 18.4 Å². The Labute approximate surface area is 141 Å². The molecule has 3 rings (SSSR count). The predicted molar refractivity (Wildman–Crippen MR) is 94.1 cm³/mol. The third kappa shape index (κ3) is 2.60. The number of ether oxygens (including phenoxy) is 1. The van der Waals surface area contributed by atoms with Crippen molar-refractivity contribution < 1.29 is 9.53 Å². The lowest BCUT2D eigenvalue weighted by molar-refractivity contribution is 0.0601. The second-order valence-corrected chi connectivity index (χ2v) is 6.28. The van der Waals surface area contributed by atoms with Crippen molar-refractivity contribution in [3.05, 3.63) is 29.3 Å². The van der Waals surface area contributed by atoms with Gasteiger partial charge in [-0.05, 0) is 44.2 Å². The highest BCUT2D eigenvalue weighted by Crippen LogP contribution is 2.41. The van der Waals surface area contributed by atoms with E-state index < -0.39 is 11.6 Å². The number of carbonyl (C=O) groups is 1. The van der Waals surface area contributed by atoms with E-state index in [-0.39, 0.29) is 11.9 Å². The summed E-state index contributed by atoms with van der Waals surface area (Å²) in [5, 5.41) is 0. The summed E-state index contributed by atoms with van der Waals surface area (Å²) in [5.41, 5.74) is 13.6. The lowest BCUT2D eigenvalue weighted by atomic mass is 9.86. The summed E-state index contributed by atoms with van der Waals surface area (Å²) in [4.78, 5) is 23.0. The number of hydrogen-bond donors (Lipinski definition) is 2. The van der Waals surface area contributed by atoms with Crippen LogP contribution in [0.5, 0.6) is 0 Å². The molecule has 0 amide bonds. The molecular formula is C17H23N5O2. The Morgan fingerprint density at radius 1 is 1.25 bits per heavy atom. The summed E-state index contributed by atoms with van der Waals surface area (Å²) >= 11 is 0. The van der Waals surface area contributed by atoms with Gasteiger partial charge in [0.25, 0.3) is 0 Å². The number of nitrogens with two attached hydrogens (primary N) is 2. The number of rotatable bonds is 2. The van der Waals surface area contributed by atoms with E-state index in [1.54, 1.807) is 6.07 Å². The molecule has 0 atom stereocenters.